The first-order valence-corrected chi connectivity index (χ1v) is 11.9. The fourth-order valence-electron chi connectivity index (χ4n) is 4.42. The molecule has 4 bridgehead atoms. The summed E-state index contributed by atoms with van der Waals surface area (Å²) in [7, 11) is -3.96. The van der Waals surface area contributed by atoms with E-state index in [-0.39, 0.29) is 11.3 Å². The zero-order chi connectivity index (χ0) is 21.4. The molecule has 1 aromatic heterocycles. The number of amides is 1. The molecule has 1 aliphatic carbocycles. The van der Waals surface area contributed by atoms with Gasteiger partial charge in [0.25, 0.3) is 10.0 Å². The summed E-state index contributed by atoms with van der Waals surface area (Å²) in [6.45, 7) is 0.364. The highest BCUT2D eigenvalue weighted by molar-refractivity contribution is 7.90. The predicted octanol–water partition coefficient (Wildman–Crippen LogP) is 3.22. The SMILES string of the molecule is O=C1Cc2c(ccc3c2CCC3)-c2ccnc(c2)OCCc2cccc(c2)S(=O)(=O)N1. The molecule has 5 rings (SSSR count). The van der Waals surface area contributed by atoms with Crippen molar-refractivity contribution in [3.63, 3.8) is 0 Å². The first-order chi connectivity index (χ1) is 15.0. The fraction of sp³-hybridized carbons (Fsp3) is 0.250. The number of nitrogens with zero attached hydrogens (tertiary/aromatic N) is 1. The minimum absolute atomic E-state index is 0.00403. The van der Waals surface area contributed by atoms with Gasteiger partial charge in [-0.1, -0.05) is 24.3 Å². The Morgan fingerprint density at radius 3 is 2.77 bits per heavy atom. The smallest absolute Gasteiger partial charge is 0.264 e. The predicted molar refractivity (Wildman–Crippen MR) is 116 cm³/mol. The summed E-state index contributed by atoms with van der Waals surface area (Å²) in [4.78, 5) is 17.3. The second-order valence-corrected chi connectivity index (χ2v) is 9.60. The second-order valence-electron chi connectivity index (χ2n) is 7.92. The molecule has 0 saturated heterocycles. The summed E-state index contributed by atoms with van der Waals surface area (Å²) in [5.74, 6) is -0.0283. The van der Waals surface area contributed by atoms with Gasteiger partial charge in [-0.2, -0.15) is 0 Å². The third-order valence-corrected chi connectivity index (χ3v) is 7.25. The minimum Gasteiger partial charge on any atom is -0.477 e. The number of rotatable bonds is 0. The van der Waals surface area contributed by atoms with E-state index in [1.807, 2.05) is 24.3 Å². The van der Waals surface area contributed by atoms with Crippen LogP contribution in [0.25, 0.3) is 11.1 Å². The van der Waals surface area contributed by atoms with Crippen LogP contribution in [0.3, 0.4) is 0 Å². The topological polar surface area (TPSA) is 85.4 Å². The number of carbonyl (C=O) groups excluding carboxylic acids is 1. The van der Waals surface area contributed by atoms with Crippen LogP contribution in [-0.2, 0) is 40.5 Å². The van der Waals surface area contributed by atoms with Crippen molar-refractivity contribution in [2.45, 2.75) is 37.0 Å². The van der Waals surface area contributed by atoms with E-state index in [0.717, 1.165) is 47.1 Å². The highest BCUT2D eigenvalue weighted by Crippen LogP contribution is 2.34. The van der Waals surface area contributed by atoms with Crippen LogP contribution in [0.2, 0.25) is 0 Å². The van der Waals surface area contributed by atoms with Gasteiger partial charge in [0.1, 0.15) is 0 Å². The molecule has 0 radical (unpaired) electrons. The Morgan fingerprint density at radius 2 is 1.87 bits per heavy atom. The van der Waals surface area contributed by atoms with E-state index in [2.05, 4.69) is 15.8 Å². The molecule has 1 aliphatic heterocycles. The molecule has 1 amide bonds. The summed E-state index contributed by atoms with van der Waals surface area (Å²) >= 11 is 0. The Balaban J connectivity index is 1.63. The van der Waals surface area contributed by atoms with E-state index in [9.17, 15) is 13.2 Å². The molecular formula is C24H22N2O4S. The van der Waals surface area contributed by atoms with E-state index < -0.39 is 15.9 Å². The van der Waals surface area contributed by atoms with Gasteiger partial charge >= 0.3 is 0 Å². The summed E-state index contributed by atoms with van der Waals surface area (Å²) in [5.41, 5.74) is 5.88. The lowest BCUT2D eigenvalue weighted by molar-refractivity contribution is -0.118. The number of aromatic nitrogens is 1. The number of fused-ring (bicyclic) bond motifs is 8. The molecule has 6 nitrogen and oxygen atoms in total. The molecule has 7 heteroatoms. The lowest BCUT2D eigenvalue weighted by Gasteiger charge is -2.16. The van der Waals surface area contributed by atoms with Crippen molar-refractivity contribution < 1.29 is 17.9 Å². The Labute approximate surface area is 181 Å². The quantitative estimate of drug-likeness (QED) is 0.587. The van der Waals surface area contributed by atoms with Crippen LogP contribution in [0, 0.1) is 0 Å². The van der Waals surface area contributed by atoms with Crippen LogP contribution < -0.4 is 9.46 Å². The Kier molecular flexibility index (Phi) is 4.98. The molecule has 0 spiro atoms. The van der Waals surface area contributed by atoms with Crippen molar-refractivity contribution in [2.24, 2.45) is 0 Å². The van der Waals surface area contributed by atoms with Crippen LogP contribution in [0.1, 0.15) is 28.7 Å². The van der Waals surface area contributed by atoms with Gasteiger partial charge in [-0.25, -0.2) is 18.1 Å². The van der Waals surface area contributed by atoms with Crippen LogP contribution in [-0.4, -0.2) is 25.9 Å². The molecule has 2 aliphatic rings. The van der Waals surface area contributed by atoms with Gasteiger partial charge in [0.2, 0.25) is 11.8 Å². The van der Waals surface area contributed by atoms with Gasteiger partial charge < -0.3 is 4.74 Å². The molecule has 158 valence electrons. The van der Waals surface area contributed by atoms with E-state index in [0.29, 0.717) is 18.9 Å². The van der Waals surface area contributed by atoms with Crippen molar-refractivity contribution in [2.75, 3.05) is 6.61 Å². The molecule has 1 N–H and O–H groups in total. The summed E-state index contributed by atoms with van der Waals surface area (Å²) in [6.07, 6.45) is 5.10. The average Bonchev–Trinajstić information content (AvgIpc) is 3.23. The standard InChI is InChI=1S/C24H22N2O4S/c27-23-15-22-20-6-2-4-17(20)7-8-21(22)18-9-11-25-24(14-18)30-12-10-16-3-1-5-19(13-16)31(28,29)26-23/h1,3,5,7-9,11,13-14H,2,4,6,10,12,15H2,(H,26,27). The van der Waals surface area contributed by atoms with Gasteiger partial charge in [0.15, 0.2) is 0 Å². The monoisotopic (exact) mass is 434 g/mol. The Hall–Kier alpha value is -3.19. The number of nitrogens with one attached hydrogen (secondary N) is 1. The Bertz CT molecular complexity index is 1280. The number of pyridine rings is 1. The van der Waals surface area contributed by atoms with Crippen molar-refractivity contribution >= 4 is 15.9 Å². The zero-order valence-electron chi connectivity index (χ0n) is 16.9. The van der Waals surface area contributed by atoms with E-state index in [4.69, 9.17) is 4.74 Å². The maximum absolute atomic E-state index is 12.9. The van der Waals surface area contributed by atoms with Crippen molar-refractivity contribution in [1.29, 1.82) is 0 Å². The maximum Gasteiger partial charge on any atom is 0.264 e. The van der Waals surface area contributed by atoms with E-state index in [1.165, 1.54) is 11.6 Å². The minimum atomic E-state index is -3.96. The third-order valence-electron chi connectivity index (χ3n) is 5.88. The molecule has 0 atom stereocenters. The molecular weight excluding hydrogens is 412 g/mol. The molecule has 0 saturated carbocycles. The molecule has 3 aromatic rings. The molecule has 2 heterocycles. The number of hydrogen-bond acceptors (Lipinski definition) is 5. The van der Waals surface area contributed by atoms with Crippen LogP contribution in [0.4, 0.5) is 0 Å². The van der Waals surface area contributed by atoms with Crippen LogP contribution in [0.15, 0.2) is 59.6 Å². The normalized spacial score (nSPS) is 17.4. The molecule has 0 unspecified atom stereocenters. The zero-order valence-corrected chi connectivity index (χ0v) is 17.7. The highest BCUT2D eigenvalue weighted by atomic mass is 32.2. The fourth-order valence-corrected chi connectivity index (χ4v) is 5.47. The van der Waals surface area contributed by atoms with Crippen LogP contribution in [0.5, 0.6) is 5.88 Å². The molecule has 0 fully saturated rings. The van der Waals surface area contributed by atoms with Gasteiger partial charge in [0.05, 0.1) is 17.9 Å². The number of hydrogen-bond donors (Lipinski definition) is 1. The van der Waals surface area contributed by atoms with E-state index >= 15 is 0 Å². The first kappa shape index (κ1) is 19.8. The molecule has 2 aromatic carbocycles. The largest absolute Gasteiger partial charge is 0.477 e. The molecule has 31 heavy (non-hydrogen) atoms. The van der Waals surface area contributed by atoms with Crippen molar-refractivity contribution in [3.8, 4) is 17.0 Å². The maximum atomic E-state index is 12.9. The van der Waals surface area contributed by atoms with Crippen molar-refractivity contribution in [3.05, 3.63) is 77.0 Å². The summed E-state index contributed by atoms with van der Waals surface area (Å²) in [5, 5.41) is 0. The van der Waals surface area contributed by atoms with Gasteiger partial charge in [-0.15, -0.1) is 0 Å². The number of benzene rings is 2. The summed E-state index contributed by atoms with van der Waals surface area (Å²) in [6, 6.07) is 14.5. The van der Waals surface area contributed by atoms with Crippen molar-refractivity contribution in [1.82, 2.24) is 9.71 Å². The third kappa shape index (κ3) is 3.93. The average molecular weight is 435 g/mol. The summed E-state index contributed by atoms with van der Waals surface area (Å²) < 4.78 is 33.8. The van der Waals surface area contributed by atoms with Crippen LogP contribution >= 0.6 is 0 Å². The second kappa shape index (κ2) is 7.81. The van der Waals surface area contributed by atoms with Gasteiger partial charge in [-0.05, 0) is 70.8 Å². The van der Waals surface area contributed by atoms with E-state index in [1.54, 1.807) is 18.3 Å². The number of sulfonamides is 1. The highest BCUT2D eigenvalue weighted by Gasteiger charge is 2.24. The first-order valence-electron chi connectivity index (χ1n) is 10.4. The lowest BCUT2D eigenvalue weighted by atomic mass is 9.91. The Morgan fingerprint density at radius 1 is 0.968 bits per heavy atom. The number of ether oxygens (including phenoxy) is 1. The lowest BCUT2D eigenvalue weighted by Crippen LogP contribution is -2.32. The van der Waals surface area contributed by atoms with Gasteiger partial charge in [-0.3, -0.25) is 4.79 Å². The number of aryl methyl sites for hydroxylation is 1. The number of carbonyl (C=O) groups is 1. The van der Waals surface area contributed by atoms with Gasteiger partial charge in [0, 0.05) is 18.7 Å².